The van der Waals surface area contributed by atoms with Gasteiger partial charge in [0.25, 0.3) is 5.91 Å². The number of anilines is 1. The molecular weight excluding hydrogens is 409 g/mol. The van der Waals surface area contributed by atoms with E-state index in [1.54, 1.807) is 6.07 Å². The molecule has 0 spiro atoms. The number of amides is 1. The highest BCUT2D eigenvalue weighted by Gasteiger charge is 2.42. The smallest absolute Gasteiger partial charge is 0.475 e. The number of furan rings is 1. The number of ether oxygens (including phenoxy) is 1. The maximum Gasteiger partial charge on any atom is 0.490 e. The molecule has 4 heterocycles. The summed E-state index contributed by atoms with van der Waals surface area (Å²) < 4.78 is 42.6. The fraction of sp³-hybridized carbons (Fsp3) is 0.444. The summed E-state index contributed by atoms with van der Waals surface area (Å²) >= 11 is 0. The third-order valence-corrected chi connectivity index (χ3v) is 4.68. The summed E-state index contributed by atoms with van der Waals surface area (Å²) in [6.45, 7) is 4.51. The number of aromatic nitrogens is 2. The second-order valence-corrected chi connectivity index (χ2v) is 6.73. The van der Waals surface area contributed by atoms with E-state index in [0.29, 0.717) is 25.3 Å². The molecule has 30 heavy (non-hydrogen) atoms. The Morgan fingerprint density at radius 2 is 1.93 bits per heavy atom. The molecule has 1 amide bonds. The van der Waals surface area contributed by atoms with Crippen LogP contribution in [0.2, 0.25) is 0 Å². The molecule has 2 saturated heterocycles. The number of likely N-dealkylation sites (tertiary alicyclic amines) is 1. The fourth-order valence-corrected chi connectivity index (χ4v) is 3.25. The van der Waals surface area contributed by atoms with E-state index in [-0.39, 0.29) is 18.1 Å². The highest BCUT2D eigenvalue weighted by Crippen LogP contribution is 2.27. The summed E-state index contributed by atoms with van der Waals surface area (Å²) in [5.74, 6) is -1.94. The van der Waals surface area contributed by atoms with E-state index >= 15 is 0 Å². The van der Waals surface area contributed by atoms with Crippen LogP contribution in [0.3, 0.4) is 0 Å². The summed E-state index contributed by atoms with van der Waals surface area (Å²) in [6.07, 6.45) is -2.09. The minimum absolute atomic E-state index is 0.00250. The number of aryl methyl sites for hydroxylation is 1. The van der Waals surface area contributed by atoms with Crippen molar-refractivity contribution in [1.82, 2.24) is 15.1 Å². The van der Waals surface area contributed by atoms with Gasteiger partial charge in [-0.15, -0.1) is 5.10 Å². The van der Waals surface area contributed by atoms with Crippen LogP contribution in [0.1, 0.15) is 16.1 Å². The summed E-state index contributed by atoms with van der Waals surface area (Å²) in [4.78, 5) is 25.4. The van der Waals surface area contributed by atoms with Gasteiger partial charge in [0, 0.05) is 19.6 Å². The molecule has 4 rings (SSSR count). The highest BCUT2D eigenvalue weighted by molar-refractivity contribution is 5.94. The Morgan fingerprint density at radius 1 is 1.20 bits per heavy atom. The van der Waals surface area contributed by atoms with Crippen LogP contribution in [0.4, 0.5) is 19.0 Å². The molecule has 0 saturated carbocycles. The average molecular weight is 428 g/mol. The number of aliphatic carboxylic acids is 1. The molecule has 2 fully saturated rings. The molecule has 162 valence electrons. The van der Waals surface area contributed by atoms with E-state index in [1.165, 1.54) is 12.5 Å². The monoisotopic (exact) mass is 428 g/mol. The molecule has 2 aliphatic heterocycles. The van der Waals surface area contributed by atoms with Crippen LogP contribution in [-0.2, 0) is 9.53 Å². The molecule has 2 aromatic heterocycles. The van der Waals surface area contributed by atoms with Crippen LogP contribution in [0, 0.1) is 6.92 Å². The van der Waals surface area contributed by atoms with Crippen molar-refractivity contribution in [3.8, 4) is 0 Å². The number of carboxylic acid groups (broad SMARTS) is 1. The largest absolute Gasteiger partial charge is 0.490 e. The van der Waals surface area contributed by atoms with Gasteiger partial charge in [-0.3, -0.25) is 4.79 Å². The summed E-state index contributed by atoms with van der Waals surface area (Å²) in [7, 11) is 0. The second kappa shape index (κ2) is 8.69. The van der Waals surface area contributed by atoms with Gasteiger partial charge < -0.3 is 24.1 Å². The minimum Gasteiger partial charge on any atom is -0.475 e. The number of carbonyl (C=O) groups is 2. The zero-order valence-corrected chi connectivity index (χ0v) is 15.9. The number of rotatable bonds is 2. The molecule has 0 bridgehead atoms. The first-order chi connectivity index (χ1) is 14.2. The Hall–Kier alpha value is -3.15. The summed E-state index contributed by atoms with van der Waals surface area (Å²) in [5.41, 5.74) is 1.46. The van der Waals surface area contributed by atoms with Crippen molar-refractivity contribution < 1.29 is 37.0 Å². The molecule has 2 aliphatic rings. The predicted molar refractivity (Wildman–Crippen MR) is 95.9 cm³/mol. The number of carboxylic acids is 1. The second-order valence-electron chi connectivity index (χ2n) is 6.73. The van der Waals surface area contributed by atoms with Gasteiger partial charge in [0.15, 0.2) is 5.82 Å². The van der Waals surface area contributed by atoms with E-state index in [1.807, 2.05) is 24.0 Å². The van der Waals surface area contributed by atoms with Gasteiger partial charge >= 0.3 is 12.1 Å². The number of fused-ring (bicyclic) bond motifs is 1. The first-order valence-corrected chi connectivity index (χ1v) is 8.97. The summed E-state index contributed by atoms with van der Waals surface area (Å²) in [5, 5.41) is 15.5. The van der Waals surface area contributed by atoms with Crippen LogP contribution in [0.5, 0.6) is 0 Å². The molecule has 0 unspecified atom stereocenters. The third-order valence-electron chi connectivity index (χ3n) is 4.68. The lowest BCUT2D eigenvalue weighted by atomic mass is 10.1. The Labute approximate surface area is 169 Å². The van der Waals surface area contributed by atoms with E-state index in [0.717, 1.165) is 18.1 Å². The van der Waals surface area contributed by atoms with Crippen LogP contribution < -0.4 is 4.90 Å². The average Bonchev–Trinajstić information content (AvgIpc) is 3.37. The minimum atomic E-state index is -5.08. The molecule has 2 aromatic rings. The van der Waals surface area contributed by atoms with Crippen molar-refractivity contribution in [3.63, 3.8) is 0 Å². The van der Waals surface area contributed by atoms with Crippen molar-refractivity contribution >= 4 is 17.7 Å². The van der Waals surface area contributed by atoms with E-state index in [9.17, 15) is 18.0 Å². The molecular formula is C18H19F3N4O5. The van der Waals surface area contributed by atoms with Crippen LogP contribution >= 0.6 is 0 Å². The molecule has 12 heteroatoms. The maximum absolute atomic E-state index is 12.5. The lowest BCUT2D eigenvalue weighted by Crippen LogP contribution is -2.51. The van der Waals surface area contributed by atoms with Gasteiger partial charge in [0.05, 0.1) is 36.3 Å². The lowest BCUT2D eigenvalue weighted by Gasteiger charge is -2.37. The van der Waals surface area contributed by atoms with Crippen LogP contribution in [0.15, 0.2) is 35.1 Å². The quantitative estimate of drug-likeness (QED) is 0.771. The third kappa shape index (κ3) is 4.87. The fourth-order valence-electron chi connectivity index (χ4n) is 3.25. The van der Waals surface area contributed by atoms with E-state index < -0.39 is 12.1 Å². The molecule has 1 N–H and O–H groups in total. The lowest BCUT2D eigenvalue weighted by molar-refractivity contribution is -0.192. The number of halogens is 3. The van der Waals surface area contributed by atoms with Crippen molar-refractivity contribution in [1.29, 1.82) is 0 Å². The highest BCUT2D eigenvalue weighted by atomic mass is 19.4. The number of nitrogens with zero attached hydrogens (tertiary/aromatic N) is 4. The standard InChI is InChI=1S/C16H18N4O3.C2HF3O2/c1-11-2-3-15(18-17-11)20-5-7-23-14-9-19(8-13(14)20)16(21)12-4-6-22-10-12;3-2(4,5)1(6)7/h2-4,6,10,13-14H,5,7-9H2,1H3;(H,6,7)/t13-,14+;/m1./s1. The first kappa shape index (κ1) is 21.6. The number of alkyl halides is 3. The molecule has 2 atom stereocenters. The number of hydrogen-bond acceptors (Lipinski definition) is 7. The molecule has 9 nitrogen and oxygen atoms in total. The number of morpholine rings is 1. The first-order valence-electron chi connectivity index (χ1n) is 8.97. The molecule has 0 radical (unpaired) electrons. The van der Waals surface area contributed by atoms with Gasteiger partial charge in [0.1, 0.15) is 6.26 Å². The van der Waals surface area contributed by atoms with Crippen LogP contribution in [0.25, 0.3) is 0 Å². The zero-order chi connectivity index (χ0) is 21.9. The van der Waals surface area contributed by atoms with Gasteiger partial charge in [0.2, 0.25) is 0 Å². The topological polar surface area (TPSA) is 109 Å². The maximum atomic E-state index is 12.5. The Balaban J connectivity index is 0.000000318. The van der Waals surface area contributed by atoms with Gasteiger partial charge in [-0.2, -0.15) is 18.3 Å². The van der Waals surface area contributed by atoms with Gasteiger partial charge in [-0.25, -0.2) is 4.79 Å². The van der Waals surface area contributed by atoms with E-state index in [4.69, 9.17) is 19.1 Å². The van der Waals surface area contributed by atoms with Crippen molar-refractivity contribution in [2.75, 3.05) is 31.1 Å². The number of carbonyl (C=O) groups excluding carboxylic acids is 1. The van der Waals surface area contributed by atoms with Gasteiger partial charge in [-0.1, -0.05) is 0 Å². The number of hydrogen-bond donors (Lipinski definition) is 1. The Morgan fingerprint density at radius 3 is 2.50 bits per heavy atom. The van der Waals surface area contributed by atoms with Crippen LogP contribution in [-0.4, -0.2) is 76.6 Å². The molecule has 0 aliphatic carbocycles. The van der Waals surface area contributed by atoms with Crippen molar-refractivity contribution in [2.24, 2.45) is 0 Å². The van der Waals surface area contributed by atoms with Crippen molar-refractivity contribution in [2.45, 2.75) is 25.2 Å². The van der Waals surface area contributed by atoms with E-state index in [2.05, 4.69) is 15.1 Å². The summed E-state index contributed by atoms with van der Waals surface area (Å²) in [6, 6.07) is 5.73. The normalized spacial score (nSPS) is 20.9. The predicted octanol–water partition coefficient (Wildman–Crippen LogP) is 1.74. The molecule has 0 aromatic carbocycles. The Bertz CT molecular complexity index is 873. The van der Waals surface area contributed by atoms with Crippen molar-refractivity contribution in [3.05, 3.63) is 42.0 Å². The SMILES string of the molecule is Cc1ccc(N2CCO[C@H]3CN(C(=O)c4ccoc4)C[C@H]32)nn1.O=C(O)C(F)(F)F. The Kier molecular flexibility index (Phi) is 6.25. The zero-order valence-electron chi connectivity index (χ0n) is 15.9. The van der Waals surface area contributed by atoms with Gasteiger partial charge in [-0.05, 0) is 25.1 Å².